The van der Waals surface area contributed by atoms with Gasteiger partial charge in [-0.3, -0.25) is 4.79 Å². The van der Waals surface area contributed by atoms with Gasteiger partial charge < -0.3 is 10.6 Å². The van der Waals surface area contributed by atoms with Gasteiger partial charge in [0.2, 0.25) is 0 Å². The lowest BCUT2D eigenvalue weighted by Crippen LogP contribution is -2.32. The van der Waals surface area contributed by atoms with Crippen LogP contribution in [0, 0.1) is 11.3 Å². The van der Waals surface area contributed by atoms with Crippen molar-refractivity contribution in [2.45, 2.75) is 6.42 Å². The van der Waals surface area contributed by atoms with Crippen LogP contribution in [0.1, 0.15) is 16.8 Å². The van der Waals surface area contributed by atoms with E-state index in [1.165, 1.54) is 4.90 Å². The molecule has 0 aliphatic rings. The van der Waals surface area contributed by atoms with Gasteiger partial charge >= 0.3 is 0 Å². The Labute approximate surface area is 128 Å². The molecule has 2 N–H and O–H groups in total. The highest BCUT2D eigenvalue weighted by Crippen LogP contribution is 2.24. The summed E-state index contributed by atoms with van der Waals surface area (Å²) in [5, 5.41) is 9.12. The molecular weight excluding hydrogens is 286 g/mol. The van der Waals surface area contributed by atoms with Crippen molar-refractivity contribution >= 4 is 28.9 Å². The minimum atomic E-state index is -0.270. The molecule has 4 nitrogen and oxygen atoms in total. The summed E-state index contributed by atoms with van der Waals surface area (Å²) < 4.78 is 0. The lowest BCUT2D eigenvalue weighted by atomic mass is 10.1. The van der Waals surface area contributed by atoms with Gasteiger partial charge in [0.1, 0.15) is 0 Å². The number of amides is 1. The van der Waals surface area contributed by atoms with Crippen LogP contribution in [0.25, 0.3) is 0 Å². The summed E-state index contributed by atoms with van der Waals surface area (Å²) in [7, 11) is 0. The van der Waals surface area contributed by atoms with E-state index in [9.17, 15) is 4.79 Å². The lowest BCUT2D eigenvalue weighted by Gasteiger charge is -2.22. The van der Waals surface area contributed by atoms with Crippen LogP contribution in [0.4, 0.5) is 11.4 Å². The van der Waals surface area contributed by atoms with Crippen molar-refractivity contribution in [2.75, 3.05) is 17.2 Å². The summed E-state index contributed by atoms with van der Waals surface area (Å²) in [6.07, 6.45) is 0.237. The van der Waals surface area contributed by atoms with Crippen LogP contribution in [-0.4, -0.2) is 12.5 Å². The number of rotatable bonds is 4. The third kappa shape index (κ3) is 3.53. The average Bonchev–Trinajstić information content (AvgIpc) is 2.51. The molecule has 106 valence electrons. The van der Waals surface area contributed by atoms with Crippen LogP contribution in [0.3, 0.4) is 0 Å². The fraction of sp³-hybridized carbons (Fsp3) is 0.125. The van der Waals surface area contributed by atoms with Crippen molar-refractivity contribution in [3.8, 4) is 6.07 Å². The zero-order chi connectivity index (χ0) is 15.2. The first-order valence-electron chi connectivity index (χ1n) is 6.42. The van der Waals surface area contributed by atoms with Gasteiger partial charge in [-0.1, -0.05) is 29.8 Å². The Kier molecular flexibility index (Phi) is 4.81. The quantitative estimate of drug-likeness (QED) is 0.879. The number of halogens is 1. The van der Waals surface area contributed by atoms with Crippen LogP contribution >= 0.6 is 11.6 Å². The summed E-state index contributed by atoms with van der Waals surface area (Å²) >= 11 is 6.09. The Bertz CT molecular complexity index is 680. The predicted octanol–water partition coefficient (Wildman–Crippen LogP) is 3.48. The third-order valence-corrected chi connectivity index (χ3v) is 3.31. The van der Waals surface area contributed by atoms with Crippen molar-refractivity contribution in [3.05, 3.63) is 59.1 Å². The molecule has 0 saturated carbocycles. The summed E-state index contributed by atoms with van der Waals surface area (Å²) in [4.78, 5) is 14.2. The highest BCUT2D eigenvalue weighted by atomic mass is 35.5. The minimum Gasteiger partial charge on any atom is -0.399 e. The maximum Gasteiger partial charge on any atom is 0.259 e. The number of nitrogens with two attached hydrogens (primary N) is 1. The van der Waals surface area contributed by atoms with Gasteiger partial charge in [-0.05, 0) is 30.3 Å². The van der Waals surface area contributed by atoms with Crippen LogP contribution < -0.4 is 10.6 Å². The number of hydrogen-bond donors (Lipinski definition) is 1. The highest BCUT2D eigenvalue weighted by molar-refractivity contribution is 6.34. The Morgan fingerprint density at radius 1 is 1.24 bits per heavy atom. The normalized spacial score (nSPS) is 9.90. The van der Waals surface area contributed by atoms with Gasteiger partial charge in [0.25, 0.3) is 5.91 Å². The number of hydrogen-bond acceptors (Lipinski definition) is 3. The monoisotopic (exact) mass is 299 g/mol. The first kappa shape index (κ1) is 14.9. The molecular formula is C16H14ClN3O. The van der Waals surface area contributed by atoms with Crippen molar-refractivity contribution in [1.82, 2.24) is 0 Å². The maximum atomic E-state index is 12.7. The average molecular weight is 300 g/mol. The second kappa shape index (κ2) is 6.78. The van der Waals surface area contributed by atoms with Gasteiger partial charge in [-0.25, -0.2) is 0 Å². The van der Waals surface area contributed by atoms with E-state index in [2.05, 4.69) is 0 Å². The summed E-state index contributed by atoms with van der Waals surface area (Å²) in [5.41, 5.74) is 7.24. The van der Waals surface area contributed by atoms with E-state index in [1.54, 1.807) is 18.2 Å². The van der Waals surface area contributed by atoms with E-state index >= 15 is 0 Å². The predicted molar refractivity (Wildman–Crippen MR) is 84.2 cm³/mol. The van der Waals surface area contributed by atoms with Crippen molar-refractivity contribution in [3.63, 3.8) is 0 Å². The smallest absolute Gasteiger partial charge is 0.259 e. The third-order valence-electron chi connectivity index (χ3n) is 2.98. The van der Waals surface area contributed by atoms with E-state index in [1.807, 2.05) is 36.4 Å². The Hall–Kier alpha value is -2.51. The van der Waals surface area contributed by atoms with E-state index in [0.717, 1.165) is 5.69 Å². The molecule has 0 aliphatic carbocycles. The van der Waals surface area contributed by atoms with Crippen molar-refractivity contribution < 1.29 is 4.79 Å². The molecule has 0 atom stereocenters. The molecule has 2 aromatic carbocycles. The first-order chi connectivity index (χ1) is 10.1. The molecule has 0 bridgehead atoms. The second-order valence-electron chi connectivity index (χ2n) is 4.44. The Balaban J connectivity index is 2.39. The van der Waals surface area contributed by atoms with Crippen LogP contribution in [0.15, 0.2) is 48.5 Å². The summed E-state index contributed by atoms with van der Waals surface area (Å²) in [5.74, 6) is -0.270. The van der Waals surface area contributed by atoms with Crippen LogP contribution in [-0.2, 0) is 0 Å². The van der Waals surface area contributed by atoms with Crippen molar-refractivity contribution in [1.29, 1.82) is 5.26 Å². The van der Waals surface area contributed by atoms with Gasteiger partial charge in [-0.15, -0.1) is 0 Å². The minimum absolute atomic E-state index is 0.237. The van der Waals surface area contributed by atoms with E-state index in [-0.39, 0.29) is 12.3 Å². The fourth-order valence-electron chi connectivity index (χ4n) is 1.97. The summed E-state index contributed by atoms with van der Waals surface area (Å²) in [6, 6.07) is 16.0. The number of nitriles is 1. The number of carbonyl (C=O) groups is 1. The molecule has 21 heavy (non-hydrogen) atoms. The highest BCUT2D eigenvalue weighted by Gasteiger charge is 2.20. The number of nitrogen functional groups attached to an aromatic ring is 1. The maximum absolute atomic E-state index is 12.7. The lowest BCUT2D eigenvalue weighted by molar-refractivity contribution is 0.0987. The molecule has 0 aromatic heterocycles. The van der Waals surface area contributed by atoms with Crippen LogP contribution in [0.2, 0.25) is 5.02 Å². The molecule has 1 amide bonds. The molecule has 2 rings (SSSR count). The standard InChI is InChI=1S/C16H14ClN3O/c17-15-8-7-12(19)11-14(15)16(21)20(10-4-9-18)13-5-2-1-3-6-13/h1-3,5-8,11H,4,10,19H2. The fourth-order valence-corrected chi connectivity index (χ4v) is 2.17. The van der Waals surface area contributed by atoms with Gasteiger partial charge in [-0.2, -0.15) is 5.26 Å². The summed E-state index contributed by atoms with van der Waals surface area (Å²) in [6.45, 7) is 0.296. The van der Waals surface area contributed by atoms with Crippen LogP contribution in [0.5, 0.6) is 0 Å². The topological polar surface area (TPSA) is 70.1 Å². The largest absolute Gasteiger partial charge is 0.399 e. The zero-order valence-electron chi connectivity index (χ0n) is 11.3. The molecule has 0 fully saturated rings. The molecule has 0 radical (unpaired) electrons. The van der Waals surface area contributed by atoms with Gasteiger partial charge in [0.05, 0.1) is 23.1 Å². The molecule has 5 heteroatoms. The SMILES string of the molecule is N#CCCN(C(=O)c1cc(N)ccc1Cl)c1ccccc1. The molecule has 0 heterocycles. The van der Waals surface area contributed by atoms with Crippen molar-refractivity contribution in [2.24, 2.45) is 0 Å². The number of anilines is 2. The molecule has 2 aromatic rings. The zero-order valence-corrected chi connectivity index (χ0v) is 12.0. The molecule has 0 aliphatic heterocycles. The number of carbonyl (C=O) groups excluding carboxylic acids is 1. The van der Waals surface area contributed by atoms with Gasteiger partial charge in [0.15, 0.2) is 0 Å². The number of benzene rings is 2. The van der Waals surface area contributed by atoms with E-state index in [0.29, 0.717) is 22.8 Å². The van der Waals surface area contributed by atoms with E-state index < -0.39 is 0 Å². The first-order valence-corrected chi connectivity index (χ1v) is 6.80. The van der Waals surface area contributed by atoms with Gasteiger partial charge in [0, 0.05) is 17.9 Å². The number of para-hydroxylation sites is 1. The Morgan fingerprint density at radius 2 is 1.95 bits per heavy atom. The Morgan fingerprint density at radius 3 is 2.62 bits per heavy atom. The second-order valence-corrected chi connectivity index (χ2v) is 4.85. The molecule has 0 spiro atoms. The van der Waals surface area contributed by atoms with E-state index in [4.69, 9.17) is 22.6 Å². The number of nitrogens with zero attached hydrogens (tertiary/aromatic N) is 2. The molecule has 0 unspecified atom stereocenters. The molecule has 0 saturated heterocycles.